The standard InChI is InChI=1S/C26H31ClN2O6S/c1-35-26(32)21-11-7-20(8-12-21)18-36(33,34)25(29-17-15-23(29)30)24(31)28-16-5-3-2-4-6-19-9-13-22(27)14-10-19/h7-14,25H,2-6,15-18H2,1H3,(H,28,31). The highest BCUT2D eigenvalue weighted by Gasteiger charge is 2.43. The van der Waals surface area contributed by atoms with Gasteiger partial charge in [0.05, 0.1) is 18.4 Å². The molecule has 1 fully saturated rings. The van der Waals surface area contributed by atoms with E-state index >= 15 is 0 Å². The summed E-state index contributed by atoms with van der Waals surface area (Å²) in [5.41, 5.74) is 1.92. The Labute approximate surface area is 216 Å². The smallest absolute Gasteiger partial charge is 0.337 e. The number of carbonyl (C=O) groups excluding carboxylic acids is 3. The first-order valence-electron chi connectivity index (χ1n) is 11.9. The molecule has 2 amide bonds. The van der Waals surface area contributed by atoms with Crippen LogP contribution in [0.2, 0.25) is 5.02 Å². The second-order valence-corrected chi connectivity index (χ2v) is 11.3. The maximum Gasteiger partial charge on any atom is 0.337 e. The van der Waals surface area contributed by atoms with Crippen molar-refractivity contribution in [2.45, 2.75) is 49.7 Å². The zero-order valence-corrected chi connectivity index (χ0v) is 21.8. The zero-order chi connectivity index (χ0) is 26.1. The highest BCUT2D eigenvalue weighted by Crippen LogP contribution is 2.22. The van der Waals surface area contributed by atoms with Crippen molar-refractivity contribution < 1.29 is 27.5 Å². The van der Waals surface area contributed by atoms with Crippen molar-refractivity contribution >= 4 is 39.2 Å². The molecule has 1 saturated heterocycles. The number of hydrogen-bond acceptors (Lipinski definition) is 6. The van der Waals surface area contributed by atoms with Crippen molar-refractivity contribution in [1.82, 2.24) is 10.2 Å². The topological polar surface area (TPSA) is 110 Å². The number of hydrogen-bond donors (Lipinski definition) is 1. The van der Waals surface area contributed by atoms with Crippen molar-refractivity contribution in [2.75, 3.05) is 20.2 Å². The summed E-state index contributed by atoms with van der Waals surface area (Å²) in [6.45, 7) is 0.559. The fraction of sp³-hybridized carbons (Fsp3) is 0.423. The monoisotopic (exact) mass is 534 g/mol. The van der Waals surface area contributed by atoms with Gasteiger partial charge in [-0.1, -0.05) is 48.7 Å². The van der Waals surface area contributed by atoms with E-state index in [1.54, 1.807) is 0 Å². The lowest BCUT2D eigenvalue weighted by molar-refractivity contribution is -0.145. The Balaban J connectivity index is 1.50. The van der Waals surface area contributed by atoms with Gasteiger partial charge in [0.25, 0.3) is 5.91 Å². The van der Waals surface area contributed by atoms with E-state index in [1.807, 2.05) is 24.3 Å². The fourth-order valence-corrected chi connectivity index (χ4v) is 5.96. The van der Waals surface area contributed by atoms with Crippen molar-refractivity contribution in [2.24, 2.45) is 0 Å². The lowest BCUT2D eigenvalue weighted by atomic mass is 10.1. The van der Waals surface area contributed by atoms with Crippen LogP contribution in [-0.2, 0) is 36.3 Å². The number of ether oxygens (including phenoxy) is 1. The Hall–Kier alpha value is -2.91. The third-order valence-corrected chi connectivity index (χ3v) is 8.22. The van der Waals surface area contributed by atoms with E-state index in [0.29, 0.717) is 29.1 Å². The summed E-state index contributed by atoms with van der Waals surface area (Å²) < 4.78 is 31.0. The molecule has 0 bridgehead atoms. The Morgan fingerprint density at radius 2 is 1.64 bits per heavy atom. The number of sulfone groups is 1. The molecule has 0 radical (unpaired) electrons. The first kappa shape index (κ1) is 27.7. The minimum Gasteiger partial charge on any atom is -0.465 e. The molecular weight excluding hydrogens is 504 g/mol. The van der Waals surface area contributed by atoms with Gasteiger partial charge in [-0.3, -0.25) is 9.59 Å². The van der Waals surface area contributed by atoms with Crippen molar-refractivity contribution in [3.63, 3.8) is 0 Å². The second kappa shape index (κ2) is 12.9. The van der Waals surface area contributed by atoms with Gasteiger partial charge in [0, 0.05) is 24.5 Å². The van der Waals surface area contributed by atoms with E-state index in [9.17, 15) is 22.8 Å². The number of amides is 2. The molecule has 2 aromatic carbocycles. The lowest BCUT2D eigenvalue weighted by Crippen LogP contribution is -2.59. The van der Waals surface area contributed by atoms with Crippen LogP contribution in [0.1, 0.15) is 53.6 Å². The SMILES string of the molecule is COC(=O)c1ccc(CS(=O)(=O)C(C(=O)NCCCCCCc2ccc(Cl)cc2)N2CCC2=O)cc1. The highest BCUT2D eigenvalue weighted by atomic mass is 35.5. The number of nitrogens with one attached hydrogen (secondary N) is 1. The summed E-state index contributed by atoms with van der Waals surface area (Å²) in [4.78, 5) is 37.6. The molecule has 10 heteroatoms. The number of aryl methyl sites for hydroxylation is 1. The van der Waals surface area contributed by atoms with Crippen LogP contribution in [0.15, 0.2) is 48.5 Å². The summed E-state index contributed by atoms with van der Waals surface area (Å²) in [6, 6.07) is 13.7. The average Bonchev–Trinajstić information content (AvgIpc) is 2.86. The van der Waals surface area contributed by atoms with Crippen molar-refractivity contribution in [1.29, 1.82) is 0 Å². The fourth-order valence-electron chi connectivity index (χ4n) is 4.00. The van der Waals surface area contributed by atoms with Gasteiger partial charge in [-0.2, -0.15) is 0 Å². The minimum absolute atomic E-state index is 0.223. The van der Waals surface area contributed by atoms with Crippen LogP contribution in [0.4, 0.5) is 0 Å². The van der Waals surface area contributed by atoms with E-state index < -0.39 is 32.8 Å². The predicted octanol–water partition coefficient (Wildman–Crippen LogP) is 3.52. The predicted molar refractivity (Wildman–Crippen MR) is 137 cm³/mol. The third kappa shape index (κ3) is 7.54. The summed E-state index contributed by atoms with van der Waals surface area (Å²) in [5.74, 6) is -2.00. The van der Waals surface area contributed by atoms with Crippen LogP contribution in [0.25, 0.3) is 0 Å². The molecule has 2 aromatic rings. The molecule has 36 heavy (non-hydrogen) atoms. The quantitative estimate of drug-likeness (QED) is 0.239. The molecule has 1 N–H and O–H groups in total. The van der Waals surface area contributed by atoms with Gasteiger partial charge >= 0.3 is 5.97 Å². The van der Waals surface area contributed by atoms with E-state index in [1.165, 1.54) is 36.9 Å². The number of likely N-dealkylation sites (tertiary alicyclic amines) is 1. The Bertz CT molecular complexity index is 1170. The van der Waals surface area contributed by atoms with E-state index in [2.05, 4.69) is 10.1 Å². The third-order valence-electron chi connectivity index (χ3n) is 6.08. The maximum atomic E-state index is 13.2. The molecular formula is C26H31ClN2O6S. The van der Waals surface area contributed by atoms with Crippen LogP contribution < -0.4 is 5.32 Å². The number of nitrogens with zero attached hydrogens (tertiary/aromatic N) is 1. The molecule has 1 atom stereocenters. The Kier molecular flexibility index (Phi) is 9.89. The molecule has 194 valence electrons. The molecule has 0 saturated carbocycles. The number of benzene rings is 2. The molecule has 1 aliphatic heterocycles. The number of rotatable bonds is 13. The van der Waals surface area contributed by atoms with Crippen LogP contribution in [0, 0.1) is 0 Å². The largest absolute Gasteiger partial charge is 0.465 e. The molecule has 8 nitrogen and oxygen atoms in total. The molecule has 0 aromatic heterocycles. The number of methoxy groups -OCH3 is 1. The number of esters is 1. The van der Waals surface area contributed by atoms with Crippen LogP contribution in [0.3, 0.4) is 0 Å². The molecule has 1 unspecified atom stereocenters. The van der Waals surface area contributed by atoms with Crippen molar-refractivity contribution in [3.05, 3.63) is 70.2 Å². The summed E-state index contributed by atoms with van der Waals surface area (Å²) in [6.07, 6.45) is 4.75. The van der Waals surface area contributed by atoms with Crippen LogP contribution in [-0.4, -0.2) is 56.7 Å². The van der Waals surface area contributed by atoms with Gasteiger partial charge in [-0.05, 0) is 54.7 Å². The molecule has 1 aliphatic rings. The lowest BCUT2D eigenvalue weighted by Gasteiger charge is -2.36. The van der Waals surface area contributed by atoms with E-state index in [4.69, 9.17) is 11.6 Å². The number of β-lactam (4-membered cyclic amide) rings is 1. The van der Waals surface area contributed by atoms with Gasteiger partial charge in [0.1, 0.15) is 0 Å². The van der Waals surface area contributed by atoms with Gasteiger partial charge in [0.2, 0.25) is 11.3 Å². The average molecular weight is 535 g/mol. The normalized spacial score (nSPS) is 14.2. The summed E-state index contributed by atoms with van der Waals surface area (Å²) in [7, 11) is -2.76. The van der Waals surface area contributed by atoms with Crippen LogP contribution in [0.5, 0.6) is 0 Å². The van der Waals surface area contributed by atoms with Gasteiger partial charge < -0.3 is 15.0 Å². The Morgan fingerprint density at radius 3 is 2.22 bits per heavy atom. The van der Waals surface area contributed by atoms with E-state index in [0.717, 1.165) is 30.6 Å². The van der Waals surface area contributed by atoms with Gasteiger partial charge in [-0.15, -0.1) is 0 Å². The van der Waals surface area contributed by atoms with Gasteiger partial charge in [-0.25, -0.2) is 13.2 Å². The summed E-state index contributed by atoms with van der Waals surface area (Å²) >= 11 is 5.90. The van der Waals surface area contributed by atoms with Crippen LogP contribution >= 0.6 is 11.6 Å². The molecule has 0 aliphatic carbocycles. The zero-order valence-electron chi connectivity index (χ0n) is 20.2. The first-order valence-corrected chi connectivity index (χ1v) is 14.0. The number of halogens is 1. The number of carbonyl (C=O) groups is 3. The highest BCUT2D eigenvalue weighted by molar-refractivity contribution is 7.92. The molecule has 3 rings (SSSR count). The van der Waals surface area contributed by atoms with Crippen molar-refractivity contribution in [3.8, 4) is 0 Å². The summed E-state index contributed by atoms with van der Waals surface area (Å²) in [5, 5.41) is 1.85. The maximum absolute atomic E-state index is 13.2. The molecule has 0 spiro atoms. The van der Waals surface area contributed by atoms with E-state index in [-0.39, 0.29) is 18.9 Å². The van der Waals surface area contributed by atoms with Gasteiger partial charge in [0.15, 0.2) is 9.84 Å². The first-order chi connectivity index (χ1) is 17.2. The number of unbranched alkanes of at least 4 members (excludes halogenated alkanes) is 3. The second-order valence-electron chi connectivity index (χ2n) is 8.77. The Morgan fingerprint density at radius 1 is 1.00 bits per heavy atom. The minimum atomic E-state index is -4.02. The molecule has 1 heterocycles.